The van der Waals surface area contributed by atoms with E-state index in [9.17, 15) is 14.4 Å². The fourth-order valence-electron chi connectivity index (χ4n) is 5.23. The molecule has 1 aliphatic rings. The Morgan fingerprint density at radius 3 is 1.67 bits per heavy atom. The van der Waals surface area contributed by atoms with E-state index in [0.717, 1.165) is 18.5 Å². The Hall–Kier alpha value is -2.49. The summed E-state index contributed by atoms with van der Waals surface area (Å²) < 4.78 is 5.51. The number of rotatable bonds is 14. The first-order chi connectivity index (χ1) is 21.1. The average molecular weight is 644 g/mol. The van der Waals surface area contributed by atoms with Crippen LogP contribution in [0.2, 0.25) is 0 Å². The third-order valence-electron chi connectivity index (χ3n) is 7.68. The number of unbranched alkanes of at least 4 members (excludes halogenated alkanes) is 9. The summed E-state index contributed by atoms with van der Waals surface area (Å²) in [4.78, 5) is 33.8. The van der Waals surface area contributed by atoms with E-state index in [-0.39, 0.29) is 16.7 Å². The van der Waals surface area contributed by atoms with Gasteiger partial charge in [0.15, 0.2) is 0 Å². The van der Waals surface area contributed by atoms with E-state index < -0.39 is 0 Å². The molecule has 6 nitrogen and oxygen atoms in total. The van der Waals surface area contributed by atoms with Crippen molar-refractivity contribution in [1.29, 1.82) is 0 Å². The molecule has 236 valence electrons. The lowest BCUT2D eigenvalue weighted by molar-refractivity contribution is 0.365. The fourth-order valence-corrected chi connectivity index (χ4v) is 7.52. The van der Waals surface area contributed by atoms with Crippen molar-refractivity contribution >= 4 is 34.6 Å². The van der Waals surface area contributed by atoms with Crippen LogP contribution in [0.1, 0.15) is 115 Å². The molecule has 9 heteroatoms. The minimum atomic E-state index is 0.0776. The number of hydrogen-bond donors (Lipinski definition) is 0. The Morgan fingerprint density at radius 2 is 1.14 bits per heavy atom. The van der Waals surface area contributed by atoms with E-state index in [2.05, 4.69) is 6.92 Å². The molecule has 43 heavy (non-hydrogen) atoms. The summed E-state index contributed by atoms with van der Waals surface area (Å²) in [7, 11) is 0. The summed E-state index contributed by atoms with van der Waals surface area (Å²) in [5, 5.41) is 5.57. The van der Waals surface area contributed by atoms with Gasteiger partial charge in [-0.3, -0.25) is 26.3 Å². The summed E-state index contributed by atoms with van der Waals surface area (Å²) >= 11 is 4.54. The van der Waals surface area contributed by atoms with E-state index in [1.54, 1.807) is 33.7 Å². The maximum absolute atomic E-state index is 11.3. The molecule has 1 aromatic carbocycles. The summed E-state index contributed by atoms with van der Waals surface area (Å²) in [6.45, 7) is 3.85. The van der Waals surface area contributed by atoms with Crippen LogP contribution in [0, 0.1) is 0 Å². The zero-order valence-electron chi connectivity index (χ0n) is 25.7. The van der Waals surface area contributed by atoms with Crippen molar-refractivity contribution in [2.24, 2.45) is 0 Å². The number of hydrogen-bond acceptors (Lipinski definition) is 6. The van der Waals surface area contributed by atoms with Gasteiger partial charge in [-0.2, -0.15) is 0 Å². The molecule has 0 unspecified atom stereocenters. The Morgan fingerprint density at radius 1 is 0.605 bits per heavy atom. The molecule has 0 radical (unpaired) electrons. The van der Waals surface area contributed by atoms with Gasteiger partial charge < -0.3 is 0 Å². The van der Waals surface area contributed by atoms with Crippen molar-refractivity contribution in [3.05, 3.63) is 101 Å². The molecule has 0 bridgehead atoms. The molecule has 0 N–H and O–H groups in total. The maximum Gasteiger partial charge on any atom is 0.260 e. The molecule has 0 aliphatic heterocycles. The van der Waals surface area contributed by atoms with Crippen LogP contribution in [-0.2, 0) is 13.1 Å². The van der Waals surface area contributed by atoms with Gasteiger partial charge in [0.05, 0.1) is 6.54 Å². The van der Waals surface area contributed by atoms with Gasteiger partial charge in [0.25, 0.3) is 16.7 Å². The second-order valence-electron chi connectivity index (χ2n) is 11.2. The topological polar surface area (TPSA) is 66.0 Å². The van der Waals surface area contributed by atoms with Crippen LogP contribution in [-0.4, -0.2) is 11.9 Å². The van der Waals surface area contributed by atoms with Gasteiger partial charge in [-0.15, -0.1) is 0 Å². The number of benzene rings is 1. The minimum Gasteiger partial charge on any atom is -0.268 e. The van der Waals surface area contributed by atoms with E-state index >= 15 is 0 Å². The van der Waals surface area contributed by atoms with Gasteiger partial charge in [0.1, 0.15) is 0 Å². The third kappa shape index (κ3) is 13.8. The van der Waals surface area contributed by atoms with Gasteiger partial charge in [-0.05, 0) is 24.8 Å². The van der Waals surface area contributed by atoms with Gasteiger partial charge in [0.2, 0.25) is 0 Å². The monoisotopic (exact) mass is 643 g/mol. The SMILES string of the molecule is CCCCCCCCCCCCn1sccc1=O.O=c1ccsn1C1CCCCC1.O=c1ccsn1Cc1ccccc1. The van der Waals surface area contributed by atoms with E-state index in [4.69, 9.17) is 0 Å². The lowest BCUT2D eigenvalue weighted by Crippen LogP contribution is -2.20. The van der Waals surface area contributed by atoms with E-state index in [0.29, 0.717) is 12.6 Å². The van der Waals surface area contributed by atoms with Crippen molar-refractivity contribution in [3.8, 4) is 0 Å². The minimum absolute atomic E-state index is 0.0776. The molecule has 0 spiro atoms. The van der Waals surface area contributed by atoms with Gasteiger partial charge in [0, 0.05) is 46.9 Å². The molecular weight excluding hydrogens is 595 g/mol. The van der Waals surface area contributed by atoms with Crippen molar-refractivity contribution in [1.82, 2.24) is 11.9 Å². The third-order valence-corrected chi connectivity index (χ3v) is 10.3. The first kappa shape index (κ1) is 35.0. The maximum atomic E-state index is 11.3. The molecule has 1 aliphatic carbocycles. The van der Waals surface area contributed by atoms with Crippen LogP contribution in [0.25, 0.3) is 0 Å². The molecule has 5 rings (SSSR count). The molecule has 0 amide bonds. The lowest BCUT2D eigenvalue weighted by Gasteiger charge is -2.21. The standard InChI is InChI=1S/C15H27NOS.C10H9NOS.C9H13NOS/c1-2-3-4-5-6-7-8-9-10-11-13-16-15(17)12-14-18-16;12-10-6-7-13-11(10)8-9-4-2-1-3-5-9;11-9-6-7-12-10(9)8-4-2-1-3-5-8/h12,14H,2-11,13H2,1H3;1-7H,8H2;6-8H,1-5H2. The smallest absolute Gasteiger partial charge is 0.260 e. The highest BCUT2D eigenvalue weighted by Gasteiger charge is 2.16. The Balaban J connectivity index is 0.000000181. The Labute approximate surface area is 269 Å². The Bertz CT molecular complexity index is 1410. The van der Waals surface area contributed by atoms with Crippen molar-refractivity contribution in [2.75, 3.05) is 0 Å². The highest BCUT2D eigenvalue weighted by molar-refractivity contribution is 7.04. The normalized spacial score (nSPS) is 13.1. The Kier molecular flexibility index (Phi) is 17.3. The molecule has 0 saturated heterocycles. The highest BCUT2D eigenvalue weighted by Crippen LogP contribution is 2.27. The lowest BCUT2D eigenvalue weighted by atomic mass is 9.96. The molecular formula is C34H49N3O3S3. The molecule has 3 aromatic heterocycles. The second-order valence-corrected chi connectivity index (χ2v) is 13.9. The van der Waals surface area contributed by atoms with Gasteiger partial charge in [-0.1, -0.05) is 149 Å². The van der Waals surface area contributed by atoms with Crippen LogP contribution in [0.4, 0.5) is 0 Å². The number of aromatic nitrogens is 3. The second kappa shape index (κ2) is 21.3. The van der Waals surface area contributed by atoms with E-state index in [1.165, 1.54) is 113 Å². The predicted octanol–water partition coefficient (Wildman–Crippen LogP) is 9.20. The summed E-state index contributed by atoms with van der Waals surface area (Å²) in [5.74, 6) is 0. The largest absolute Gasteiger partial charge is 0.268 e. The summed E-state index contributed by atoms with van der Waals surface area (Å²) in [6.07, 6.45) is 19.8. The molecule has 0 atom stereocenters. The van der Waals surface area contributed by atoms with Crippen LogP contribution in [0.5, 0.6) is 0 Å². The first-order valence-corrected chi connectivity index (χ1v) is 18.6. The average Bonchev–Trinajstić information content (AvgIpc) is 3.77. The summed E-state index contributed by atoms with van der Waals surface area (Å²) in [5.41, 5.74) is 1.59. The molecule has 1 saturated carbocycles. The quantitative estimate of drug-likeness (QED) is 0.129. The van der Waals surface area contributed by atoms with Crippen LogP contribution < -0.4 is 16.7 Å². The summed E-state index contributed by atoms with van der Waals surface area (Å²) in [6, 6.07) is 15.4. The van der Waals surface area contributed by atoms with Gasteiger partial charge in [-0.25, -0.2) is 0 Å². The van der Waals surface area contributed by atoms with Crippen LogP contribution in [0.3, 0.4) is 0 Å². The number of nitrogens with zero attached hydrogens (tertiary/aromatic N) is 3. The van der Waals surface area contributed by atoms with Crippen LogP contribution in [0.15, 0.2) is 79.1 Å². The van der Waals surface area contributed by atoms with Gasteiger partial charge >= 0.3 is 0 Å². The highest BCUT2D eigenvalue weighted by atomic mass is 32.1. The fraction of sp³-hybridized carbons (Fsp3) is 0.559. The van der Waals surface area contributed by atoms with Crippen molar-refractivity contribution in [2.45, 2.75) is 122 Å². The van der Waals surface area contributed by atoms with Crippen molar-refractivity contribution < 1.29 is 0 Å². The molecule has 1 fully saturated rings. The van der Waals surface area contributed by atoms with Crippen LogP contribution >= 0.6 is 34.6 Å². The molecule has 4 aromatic rings. The molecule has 3 heterocycles. The van der Waals surface area contributed by atoms with E-state index in [1.807, 2.05) is 54.4 Å². The zero-order valence-corrected chi connectivity index (χ0v) is 28.2. The predicted molar refractivity (Wildman–Crippen MR) is 185 cm³/mol. The number of aryl methyl sites for hydroxylation is 1. The first-order valence-electron chi connectivity index (χ1n) is 16.1. The van der Waals surface area contributed by atoms with Crippen molar-refractivity contribution in [3.63, 3.8) is 0 Å². The zero-order chi connectivity index (χ0) is 30.5.